The van der Waals surface area contributed by atoms with Crippen LogP contribution in [0.25, 0.3) is 0 Å². The monoisotopic (exact) mass is 329 g/mol. The lowest BCUT2D eigenvalue weighted by Crippen LogP contribution is -2.39. The molecular weight excluding hydrogens is 306 g/mol. The van der Waals surface area contributed by atoms with Gasteiger partial charge in [-0.05, 0) is 30.2 Å². The van der Waals surface area contributed by atoms with E-state index < -0.39 is 6.04 Å². The van der Waals surface area contributed by atoms with E-state index in [0.29, 0.717) is 24.5 Å². The van der Waals surface area contributed by atoms with E-state index >= 15 is 0 Å². The molecule has 2 amide bonds. The number of benzene rings is 1. The number of nitrogens with two attached hydrogens (primary N) is 1. The molecule has 0 unspecified atom stereocenters. The molecule has 0 radical (unpaired) electrons. The summed E-state index contributed by atoms with van der Waals surface area (Å²) in [5.74, 6) is 0.447. The van der Waals surface area contributed by atoms with Gasteiger partial charge in [-0.2, -0.15) is 0 Å². The fourth-order valence-corrected chi connectivity index (χ4v) is 1.55. The van der Waals surface area contributed by atoms with Gasteiger partial charge in [0.15, 0.2) is 0 Å². The molecule has 0 aliphatic rings. The van der Waals surface area contributed by atoms with Crippen molar-refractivity contribution < 1.29 is 14.3 Å². The number of carbonyl (C=O) groups is 2. The van der Waals surface area contributed by atoms with Gasteiger partial charge >= 0.3 is 0 Å². The van der Waals surface area contributed by atoms with E-state index in [1.54, 1.807) is 31.3 Å². The van der Waals surface area contributed by atoms with Gasteiger partial charge in [-0.3, -0.25) is 9.59 Å². The molecule has 1 aromatic carbocycles. The summed E-state index contributed by atoms with van der Waals surface area (Å²) in [5.41, 5.74) is 6.43. The van der Waals surface area contributed by atoms with Crippen LogP contribution in [0.1, 0.15) is 20.3 Å². The van der Waals surface area contributed by atoms with Gasteiger partial charge in [-0.1, -0.05) is 13.8 Å². The highest BCUT2D eigenvalue weighted by Gasteiger charge is 2.16. The van der Waals surface area contributed by atoms with Gasteiger partial charge in [0.2, 0.25) is 11.8 Å². The Bertz CT molecular complexity index is 477. The number of hydrogen-bond acceptors (Lipinski definition) is 4. The van der Waals surface area contributed by atoms with Gasteiger partial charge in [-0.25, -0.2) is 0 Å². The van der Waals surface area contributed by atoms with E-state index in [9.17, 15) is 9.59 Å². The zero-order chi connectivity index (χ0) is 15.8. The fourth-order valence-electron chi connectivity index (χ4n) is 1.55. The van der Waals surface area contributed by atoms with Crippen molar-refractivity contribution in [1.29, 1.82) is 0 Å². The molecule has 1 rings (SSSR count). The van der Waals surface area contributed by atoms with Crippen LogP contribution < -0.4 is 21.1 Å². The topological polar surface area (TPSA) is 93.5 Å². The van der Waals surface area contributed by atoms with E-state index in [1.807, 2.05) is 13.8 Å². The lowest BCUT2D eigenvalue weighted by Gasteiger charge is -2.15. The number of amides is 2. The predicted octanol–water partition coefficient (Wildman–Crippen LogP) is 1.55. The quantitative estimate of drug-likeness (QED) is 0.707. The summed E-state index contributed by atoms with van der Waals surface area (Å²) >= 11 is 0. The van der Waals surface area contributed by atoms with Gasteiger partial charge in [-0.15, -0.1) is 12.4 Å². The summed E-state index contributed by atoms with van der Waals surface area (Å²) < 4.78 is 5.43. The van der Waals surface area contributed by atoms with Crippen LogP contribution >= 0.6 is 12.4 Å². The molecule has 6 nitrogen and oxygen atoms in total. The standard InChI is InChI=1S/C15H23N3O3.ClH/c1-10(2)14(16)15(20)18-11-4-6-12(7-5-11)21-9-8-13(19)17-3;/h4-7,10,14H,8-9,16H2,1-3H3,(H,17,19)(H,18,20);1H/t14-;/m0./s1. The van der Waals surface area contributed by atoms with E-state index in [1.165, 1.54) is 0 Å². The van der Waals surface area contributed by atoms with Crippen LogP contribution in [-0.2, 0) is 9.59 Å². The summed E-state index contributed by atoms with van der Waals surface area (Å²) in [7, 11) is 1.58. The molecule has 0 saturated carbocycles. The van der Waals surface area contributed by atoms with Crippen LogP contribution in [0, 0.1) is 5.92 Å². The maximum atomic E-state index is 11.8. The van der Waals surface area contributed by atoms with Crippen molar-refractivity contribution in [3.63, 3.8) is 0 Å². The molecule has 7 heteroatoms. The van der Waals surface area contributed by atoms with Gasteiger partial charge in [0, 0.05) is 12.7 Å². The van der Waals surface area contributed by atoms with Gasteiger partial charge < -0.3 is 21.1 Å². The molecule has 0 spiro atoms. The molecule has 0 heterocycles. The maximum Gasteiger partial charge on any atom is 0.241 e. The summed E-state index contributed by atoms with van der Waals surface area (Å²) in [4.78, 5) is 22.9. The highest BCUT2D eigenvalue weighted by molar-refractivity contribution is 5.94. The Morgan fingerprint density at radius 3 is 2.32 bits per heavy atom. The minimum absolute atomic E-state index is 0. The largest absolute Gasteiger partial charge is 0.493 e. The Hall–Kier alpha value is -1.79. The van der Waals surface area contributed by atoms with Crippen LogP contribution in [0.15, 0.2) is 24.3 Å². The molecule has 124 valence electrons. The molecule has 0 bridgehead atoms. The Kier molecular flexibility index (Phi) is 9.21. The third-order valence-corrected chi connectivity index (χ3v) is 3.02. The average molecular weight is 330 g/mol. The summed E-state index contributed by atoms with van der Waals surface area (Å²) in [6.45, 7) is 4.10. The summed E-state index contributed by atoms with van der Waals surface area (Å²) in [5, 5.41) is 5.27. The van der Waals surface area contributed by atoms with E-state index in [0.717, 1.165) is 0 Å². The molecule has 0 aliphatic carbocycles. The second-order valence-electron chi connectivity index (χ2n) is 5.06. The van der Waals surface area contributed by atoms with Gasteiger partial charge in [0.1, 0.15) is 5.75 Å². The number of halogens is 1. The number of carbonyl (C=O) groups excluding carboxylic acids is 2. The maximum absolute atomic E-state index is 11.8. The molecule has 1 aromatic rings. The number of nitrogens with one attached hydrogen (secondary N) is 2. The molecule has 4 N–H and O–H groups in total. The average Bonchev–Trinajstić information content (AvgIpc) is 2.47. The Balaban J connectivity index is 0.00000441. The lowest BCUT2D eigenvalue weighted by molar-refractivity contribution is -0.121. The minimum atomic E-state index is -0.534. The Labute approximate surface area is 137 Å². The summed E-state index contributed by atoms with van der Waals surface area (Å²) in [6.07, 6.45) is 0.304. The van der Waals surface area contributed by atoms with Crippen LogP contribution in [0.3, 0.4) is 0 Å². The molecule has 0 aliphatic heterocycles. The van der Waals surface area contributed by atoms with Crippen molar-refractivity contribution in [2.45, 2.75) is 26.3 Å². The molecular formula is C15H24ClN3O3. The number of anilines is 1. The molecule has 0 fully saturated rings. The second kappa shape index (κ2) is 10.0. The van der Waals surface area contributed by atoms with Gasteiger partial charge in [0.25, 0.3) is 0 Å². The van der Waals surface area contributed by atoms with Crippen LogP contribution in [-0.4, -0.2) is 31.5 Å². The minimum Gasteiger partial charge on any atom is -0.493 e. The fraction of sp³-hybridized carbons (Fsp3) is 0.467. The third-order valence-electron chi connectivity index (χ3n) is 3.02. The first-order valence-electron chi connectivity index (χ1n) is 6.94. The first-order valence-corrected chi connectivity index (χ1v) is 6.94. The second-order valence-corrected chi connectivity index (χ2v) is 5.06. The predicted molar refractivity (Wildman–Crippen MR) is 89.3 cm³/mol. The van der Waals surface area contributed by atoms with E-state index in [2.05, 4.69) is 10.6 Å². The van der Waals surface area contributed by atoms with Crippen molar-refractivity contribution in [2.24, 2.45) is 11.7 Å². The van der Waals surface area contributed by atoms with E-state index in [4.69, 9.17) is 10.5 Å². The summed E-state index contributed by atoms with van der Waals surface area (Å²) in [6, 6.07) is 6.41. The first-order chi connectivity index (χ1) is 9.93. The molecule has 22 heavy (non-hydrogen) atoms. The first kappa shape index (κ1) is 20.2. The Morgan fingerprint density at radius 1 is 1.23 bits per heavy atom. The van der Waals surface area contributed by atoms with Crippen LogP contribution in [0.5, 0.6) is 5.75 Å². The van der Waals surface area contributed by atoms with Crippen molar-refractivity contribution in [3.05, 3.63) is 24.3 Å². The SMILES string of the molecule is CNC(=O)CCOc1ccc(NC(=O)[C@@H](N)C(C)C)cc1.Cl. The van der Waals surface area contributed by atoms with Crippen molar-refractivity contribution in [2.75, 3.05) is 19.0 Å². The van der Waals surface area contributed by atoms with Crippen molar-refractivity contribution in [3.8, 4) is 5.75 Å². The smallest absolute Gasteiger partial charge is 0.241 e. The highest BCUT2D eigenvalue weighted by Crippen LogP contribution is 2.16. The normalized spacial score (nSPS) is 11.3. The zero-order valence-electron chi connectivity index (χ0n) is 13.1. The van der Waals surface area contributed by atoms with Crippen LogP contribution in [0.4, 0.5) is 5.69 Å². The number of rotatable bonds is 7. The Morgan fingerprint density at radius 2 is 1.82 bits per heavy atom. The highest BCUT2D eigenvalue weighted by atomic mass is 35.5. The zero-order valence-corrected chi connectivity index (χ0v) is 13.9. The number of ether oxygens (including phenoxy) is 1. The third kappa shape index (κ3) is 6.78. The van der Waals surface area contributed by atoms with Gasteiger partial charge in [0.05, 0.1) is 19.1 Å². The van der Waals surface area contributed by atoms with Crippen molar-refractivity contribution in [1.82, 2.24) is 5.32 Å². The molecule has 0 saturated heterocycles. The van der Waals surface area contributed by atoms with E-state index in [-0.39, 0.29) is 30.1 Å². The molecule has 0 aromatic heterocycles. The lowest BCUT2D eigenvalue weighted by atomic mass is 10.1. The number of hydrogen-bond donors (Lipinski definition) is 3. The van der Waals surface area contributed by atoms with Crippen LogP contribution in [0.2, 0.25) is 0 Å². The van der Waals surface area contributed by atoms with Crippen molar-refractivity contribution >= 4 is 29.9 Å². The molecule has 1 atom stereocenters.